The Morgan fingerprint density at radius 2 is 2.20 bits per heavy atom. The van der Waals surface area contributed by atoms with Gasteiger partial charge >= 0.3 is 0 Å². The second-order valence-electron chi connectivity index (χ2n) is 4.67. The largest absolute Gasteiger partial charge is 0.380 e. The first kappa shape index (κ1) is 15.0. The van der Waals surface area contributed by atoms with Crippen LogP contribution in [-0.2, 0) is 4.74 Å². The highest BCUT2D eigenvalue weighted by atomic mass is 32.1. The highest BCUT2D eigenvalue weighted by molar-refractivity contribution is 7.16. The van der Waals surface area contributed by atoms with Gasteiger partial charge in [0.1, 0.15) is 10.6 Å². The van der Waals surface area contributed by atoms with Crippen LogP contribution in [0.3, 0.4) is 0 Å². The summed E-state index contributed by atoms with van der Waals surface area (Å²) in [7, 11) is 0. The summed E-state index contributed by atoms with van der Waals surface area (Å²) in [6, 6.07) is 2.27. The van der Waals surface area contributed by atoms with Crippen molar-refractivity contribution >= 4 is 33.3 Å². The van der Waals surface area contributed by atoms with Crippen LogP contribution in [0, 0.1) is 0 Å². The van der Waals surface area contributed by atoms with Gasteiger partial charge in [-0.2, -0.15) is 4.98 Å². The van der Waals surface area contributed by atoms with Crippen LogP contribution in [0.2, 0.25) is 0 Å². The molecule has 20 heavy (non-hydrogen) atoms. The van der Waals surface area contributed by atoms with E-state index in [0.717, 1.165) is 35.6 Å². The fourth-order valence-corrected chi connectivity index (χ4v) is 2.61. The van der Waals surface area contributed by atoms with Crippen molar-refractivity contribution in [3.8, 4) is 0 Å². The summed E-state index contributed by atoms with van der Waals surface area (Å²) in [6.45, 7) is 8.50. The average molecular weight is 294 g/mol. The molecule has 0 aromatic carbocycles. The maximum absolute atomic E-state index is 5.44. The van der Waals surface area contributed by atoms with Crippen LogP contribution in [0.15, 0.2) is 11.4 Å². The molecule has 0 fully saturated rings. The molecule has 5 nitrogen and oxygen atoms in total. The molecule has 110 valence electrons. The Kier molecular flexibility index (Phi) is 5.55. The van der Waals surface area contributed by atoms with E-state index in [1.807, 2.05) is 12.3 Å². The quantitative estimate of drug-likeness (QED) is 0.782. The van der Waals surface area contributed by atoms with Crippen molar-refractivity contribution in [1.82, 2.24) is 9.97 Å². The van der Waals surface area contributed by atoms with E-state index in [1.54, 1.807) is 11.3 Å². The van der Waals surface area contributed by atoms with Crippen molar-refractivity contribution < 1.29 is 4.74 Å². The molecule has 1 unspecified atom stereocenters. The summed E-state index contributed by atoms with van der Waals surface area (Å²) in [5.41, 5.74) is 0. The van der Waals surface area contributed by atoms with Crippen molar-refractivity contribution in [2.45, 2.75) is 33.2 Å². The molecular formula is C14H22N4OS. The van der Waals surface area contributed by atoms with E-state index in [0.29, 0.717) is 12.6 Å². The summed E-state index contributed by atoms with van der Waals surface area (Å²) in [4.78, 5) is 10.1. The van der Waals surface area contributed by atoms with Crippen molar-refractivity contribution in [3.63, 3.8) is 0 Å². The lowest BCUT2D eigenvalue weighted by Crippen LogP contribution is -2.22. The Labute approximate surface area is 123 Å². The normalized spacial score (nSPS) is 12.6. The fourth-order valence-electron chi connectivity index (χ4n) is 1.85. The fraction of sp³-hybridized carbons (Fsp3) is 0.571. The minimum atomic E-state index is 0.215. The molecule has 0 radical (unpaired) electrons. The zero-order valence-electron chi connectivity index (χ0n) is 12.3. The molecule has 2 aromatic rings. The SMILES string of the molecule is CCCNc1nc(NC(C)COCC)c2ccsc2n1. The number of hydrogen-bond acceptors (Lipinski definition) is 6. The topological polar surface area (TPSA) is 59.1 Å². The Bertz CT molecular complexity index is 543. The zero-order chi connectivity index (χ0) is 14.4. The van der Waals surface area contributed by atoms with Crippen LogP contribution in [-0.4, -0.2) is 35.8 Å². The molecule has 6 heteroatoms. The highest BCUT2D eigenvalue weighted by Crippen LogP contribution is 2.26. The van der Waals surface area contributed by atoms with Gasteiger partial charge in [-0.1, -0.05) is 6.92 Å². The number of anilines is 2. The number of hydrogen-bond donors (Lipinski definition) is 2. The lowest BCUT2D eigenvalue weighted by atomic mass is 10.3. The van der Waals surface area contributed by atoms with E-state index in [1.165, 1.54) is 0 Å². The highest BCUT2D eigenvalue weighted by Gasteiger charge is 2.11. The molecule has 2 heterocycles. The molecule has 0 saturated heterocycles. The maximum atomic E-state index is 5.44. The molecule has 0 amide bonds. The third-order valence-corrected chi connectivity index (χ3v) is 3.62. The van der Waals surface area contributed by atoms with Gasteiger partial charge in [-0.3, -0.25) is 0 Å². The van der Waals surface area contributed by atoms with Gasteiger partial charge in [0.05, 0.1) is 12.0 Å². The molecular weight excluding hydrogens is 272 g/mol. The molecule has 2 rings (SSSR count). The van der Waals surface area contributed by atoms with Crippen LogP contribution < -0.4 is 10.6 Å². The van der Waals surface area contributed by atoms with Gasteiger partial charge in [0.2, 0.25) is 5.95 Å². The maximum Gasteiger partial charge on any atom is 0.226 e. The van der Waals surface area contributed by atoms with E-state index < -0.39 is 0 Å². The van der Waals surface area contributed by atoms with E-state index in [2.05, 4.69) is 40.5 Å². The Morgan fingerprint density at radius 1 is 1.35 bits per heavy atom. The van der Waals surface area contributed by atoms with E-state index in [-0.39, 0.29) is 6.04 Å². The summed E-state index contributed by atoms with van der Waals surface area (Å²) < 4.78 is 5.44. The lowest BCUT2D eigenvalue weighted by molar-refractivity contribution is 0.141. The number of thiophene rings is 1. The standard InChI is InChI=1S/C14H22N4OS/c1-4-7-15-14-17-12(16-10(3)9-19-5-2)11-6-8-20-13(11)18-14/h6,8,10H,4-5,7,9H2,1-3H3,(H2,15,16,17,18). The van der Waals surface area contributed by atoms with Gasteiger partial charge in [-0.15, -0.1) is 11.3 Å². The molecule has 0 spiro atoms. The predicted octanol–water partition coefficient (Wildman–Crippen LogP) is 3.35. The van der Waals surface area contributed by atoms with Crippen molar-refractivity contribution in [3.05, 3.63) is 11.4 Å². The van der Waals surface area contributed by atoms with E-state index >= 15 is 0 Å². The van der Waals surface area contributed by atoms with Crippen molar-refractivity contribution in [2.75, 3.05) is 30.4 Å². The first-order chi connectivity index (χ1) is 9.74. The van der Waals surface area contributed by atoms with Gasteiger partial charge in [0.25, 0.3) is 0 Å². The number of rotatable bonds is 8. The third kappa shape index (κ3) is 3.80. The average Bonchev–Trinajstić information content (AvgIpc) is 2.91. The van der Waals surface area contributed by atoms with Crippen molar-refractivity contribution in [1.29, 1.82) is 0 Å². The van der Waals surface area contributed by atoms with Crippen LogP contribution in [0.25, 0.3) is 10.2 Å². The van der Waals surface area contributed by atoms with Crippen LogP contribution >= 0.6 is 11.3 Å². The Balaban J connectivity index is 2.18. The molecule has 0 aliphatic carbocycles. The van der Waals surface area contributed by atoms with Gasteiger partial charge in [0, 0.05) is 19.2 Å². The minimum absolute atomic E-state index is 0.215. The number of nitrogens with zero attached hydrogens (tertiary/aromatic N) is 2. The molecule has 0 aliphatic rings. The van der Waals surface area contributed by atoms with E-state index in [9.17, 15) is 0 Å². The monoisotopic (exact) mass is 294 g/mol. The molecule has 2 aromatic heterocycles. The first-order valence-corrected chi connectivity index (χ1v) is 7.96. The Hall–Kier alpha value is -1.40. The van der Waals surface area contributed by atoms with Gasteiger partial charge in [-0.25, -0.2) is 4.98 Å². The van der Waals surface area contributed by atoms with Crippen LogP contribution in [0.4, 0.5) is 11.8 Å². The second kappa shape index (κ2) is 7.40. The Morgan fingerprint density at radius 3 is 2.95 bits per heavy atom. The van der Waals surface area contributed by atoms with Crippen LogP contribution in [0.1, 0.15) is 27.2 Å². The second-order valence-corrected chi connectivity index (χ2v) is 5.56. The number of ether oxygens (including phenoxy) is 1. The van der Waals surface area contributed by atoms with Gasteiger partial charge in [0.15, 0.2) is 0 Å². The molecule has 0 aliphatic heterocycles. The third-order valence-electron chi connectivity index (χ3n) is 2.81. The molecule has 0 bridgehead atoms. The smallest absolute Gasteiger partial charge is 0.226 e. The van der Waals surface area contributed by atoms with Crippen LogP contribution in [0.5, 0.6) is 0 Å². The van der Waals surface area contributed by atoms with Gasteiger partial charge < -0.3 is 15.4 Å². The van der Waals surface area contributed by atoms with Gasteiger partial charge in [-0.05, 0) is 31.7 Å². The van der Waals surface area contributed by atoms with E-state index in [4.69, 9.17) is 4.74 Å². The summed E-state index contributed by atoms with van der Waals surface area (Å²) in [6.07, 6.45) is 1.05. The molecule has 2 N–H and O–H groups in total. The molecule has 0 saturated carbocycles. The number of fused-ring (bicyclic) bond motifs is 1. The minimum Gasteiger partial charge on any atom is -0.380 e. The predicted molar refractivity (Wildman–Crippen MR) is 85.8 cm³/mol. The lowest BCUT2D eigenvalue weighted by Gasteiger charge is -2.15. The summed E-state index contributed by atoms with van der Waals surface area (Å²) in [5.74, 6) is 1.56. The van der Waals surface area contributed by atoms with Crippen molar-refractivity contribution in [2.24, 2.45) is 0 Å². The number of aromatic nitrogens is 2. The molecule has 1 atom stereocenters. The summed E-state index contributed by atoms with van der Waals surface area (Å²) in [5, 5.41) is 9.77. The summed E-state index contributed by atoms with van der Waals surface area (Å²) >= 11 is 1.63. The number of nitrogens with one attached hydrogen (secondary N) is 2. The first-order valence-electron chi connectivity index (χ1n) is 7.08. The zero-order valence-corrected chi connectivity index (χ0v) is 13.1.